The first-order valence-corrected chi connectivity index (χ1v) is 8.72. The molecule has 0 unspecified atom stereocenters. The van der Waals surface area contributed by atoms with E-state index in [9.17, 15) is 4.79 Å². The predicted molar refractivity (Wildman–Crippen MR) is 99.4 cm³/mol. The number of halogens is 1. The van der Waals surface area contributed by atoms with E-state index in [1.54, 1.807) is 13.1 Å². The third-order valence-corrected chi connectivity index (χ3v) is 4.40. The molecule has 0 aliphatic carbocycles. The maximum Gasteiger partial charge on any atom is 0.289 e. The number of hydrogen-bond acceptors (Lipinski definition) is 5. The molecule has 26 heavy (non-hydrogen) atoms. The van der Waals surface area contributed by atoms with Crippen LogP contribution in [0.25, 0.3) is 22.4 Å². The molecule has 0 radical (unpaired) electrons. The van der Waals surface area contributed by atoms with Crippen LogP contribution >= 0.6 is 15.9 Å². The van der Waals surface area contributed by atoms with Gasteiger partial charge in [0.1, 0.15) is 12.1 Å². The van der Waals surface area contributed by atoms with Gasteiger partial charge in [0.25, 0.3) is 5.91 Å². The van der Waals surface area contributed by atoms with Gasteiger partial charge >= 0.3 is 0 Å². The molecule has 0 atom stereocenters. The molecule has 0 N–H and O–H groups in total. The van der Waals surface area contributed by atoms with Crippen LogP contribution in [0.2, 0.25) is 0 Å². The minimum atomic E-state index is -0.247. The Morgan fingerprint density at radius 1 is 1.15 bits per heavy atom. The quantitative estimate of drug-likeness (QED) is 0.493. The molecule has 2 heterocycles. The minimum absolute atomic E-state index is 0.191. The van der Waals surface area contributed by atoms with Gasteiger partial charge in [0.05, 0.1) is 0 Å². The van der Waals surface area contributed by atoms with Gasteiger partial charge < -0.3 is 13.8 Å². The largest absolute Gasteiger partial charge is 0.451 e. The fraction of sp³-hybridized carbons (Fsp3) is 0.105. The van der Waals surface area contributed by atoms with Crippen molar-refractivity contribution < 1.29 is 13.7 Å². The van der Waals surface area contributed by atoms with Gasteiger partial charge in [-0.25, -0.2) is 0 Å². The van der Waals surface area contributed by atoms with Crippen molar-refractivity contribution in [1.29, 1.82) is 0 Å². The summed E-state index contributed by atoms with van der Waals surface area (Å²) in [4.78, 5) is 18.4. The number of rotatable bonds is 4. The van der Waals surface area contributed by atoms with Gasteiger partial charge in [-0.3, -0.25) is 4.79 Å². The summed E-state index contributed by atoms with van der Waals surface area (Å²) in [6.07, 6.45) is 0. The van der Waals surface area contributed by atoms with Crippen LogP contribution in [0.1, 0.15) is 16.4 Å². The fourth-order valence-corrected chi connectivity index (χ4v) is 3.01. The van der Waals surface area contributed by atoms with Gasteiger partial charge in [-0.15, -0.1) is 0 Å². The number of nitrogens with zero attached hydrogens (tertiary/aromatic N) is 3. The summed E-state index contributed by atoms with van der Waals surface area (Å²) < 4.78 is 11.8. The summed E-state index contributed by atoms with van der Waals surface area (Å²) in [5.74, 6) is 0.863. The monoisotopic (exact) mass is 411 g/mol. The smallest absolute Gasteiger partial charge is 0.289 e. The Balaban J connectivity index is 1.51. The van der Waals surface area contributed by atoms with Crippen LogP contribution in [-0.4, -0.2) is 28.0 Å². The summed E-state index contributed by atoms with van der Waals surface area (Å²) >= 11 is 3.42. The molecule has 0 fully saturated rings. The average Bonchev–Trinajstić information content (AvgIpc) is 3.27. The molecular weight excluding hydrogens is 398 g/mol. The van der Waals surface area contributed by atoms with Crippen molar-refractivity contribution in [3.05, 3.63) is 70.7 Å². The molecule has 0 saturated carbocycles. The molecule has 2 aromatic carbocycles. The van der Waals surface area contributed by atoms with Gasteiger partial charge in [0.15, 0.2) is 5.76 Å². The first-order chi connectivity index (χ1) is 12.6. The highest BCUT2D eigenvalue weighted by atomic mass is 79.9. The second-order valence-corrected chi connectivity index (χ2v) is 6.75. The Kier molecular flexibility index (Phi) is 4.30. The van der Waals surface area contributed by atoms with E-state index in [-0.39, 0.29) is 18.2 Å². The molecule has 0 saturated heterocycles. The molecule has 0 bridgehead atoms. The molecule has 7 heteroatoms. The van der Waals surface area contributed by atoms with Crippen molar-refractivity contribution in [2.24, 2.45) is 0 Å². The van der Waals surface area contributed by atoms with Crippen molar-refractivity contribution >= 4 is 32.8 Å². The third-order valence-electron chi connectivity index (χ3n) is 3.91. The molecule has 0 aliphatic heterocycles. The van der Waals surface area contributed by atoms with Crippen LogP contribution in [-0.2, 0) is 6.54 Å². The summed E-state index contributed by atoms with van der Waals surface area (Å²) in [7, 11) is 1.67. The Morgan fingerprint density at radius 3 is 2.81 bits per heavy atom. The highest BCUT2D eigenvalue weighted by molar-refractivity contribution is 9.10. The maximum absolute atomic E-state index is 12.6. The second-order valence-electron chi connectivity index (χ2n) is 5.83. The fourth-order valence-electron chi connectivity index (χ4n) is 2.61. The van der Waals surface area contributed by atoms with E-state index < -0.39 is 0 Å². The van der Waals surface area contributed by atoms with Crippen molar-refractivity contribution in [1.82, 2.24) is 15.0 Å². The predicted octanol–water partition coefficient (Wildman–Crippen LogP) is 4.52. The van der Waals surface area contributed by atoms with Crippen molar-refractivity contribution in [3.63, 3.8) is 0 Å². The van der Waals surface area contributed by atoms with Crippen LogP contribution in [0.4, 0.5) is 0 Å². The number of furan rings is 1. The van der Waals surface area contributed by atoms with Crippen LogP contribution < -0.4 is 0 Å². The van der Waals surface area contributed by atoms with E-state index in [1.807, 2.05) is 48.5 Å². The normalized spacial score (nSPS) is 11.0. The van der Waals surface area contributed by atoms with E-state index in [1.165, 1.54) is 4.90 Å². The van der Waals surface area contributed by atoms with Crippen LogP contribution in [0.15, 0.2) is 68.0 Å². The standard InChI is InChI=1S/C19H14BrN3O3/c1-23(19(24)16-10-12-5-2-3-8-15(12)25-16)11-17-21-18(22-26-17)13-6-4-7-14(20)9-13/h2-10H,11H2,1H3. The van der Waals surface area contributed by atoms with E-state index in [0.29, 0.717) is 17.3 Å². The van der Waals surface area contributed by atoms with Crippen LogP contribution in [0, 0.1) is 0 Å². The molecule has 130 valence electrons. The number of fused-ring (bicyclic) bond motifs is 1. The first-order valence-electron chi connectivity index (χ1n) is 7.93. The molecule has 4 aromatic rings. The number of aromatic nitrogens is 2. The van der Waals surface area contributed by atoms with Crippen LogP contribution in [0.5, 0.6) is 0 Å². The Labute approximate surface area is 157 Å². The van der Waals surface area contributed by atoms with Crippen molar-refractivity contribution in [2.45, 2.75) is 6.54 Å². The highest BCUT2D eigenvalue weighted by Gasteiger charge is 2.19. The lowest BCUT2D eigenvalue weighted by molar-refractivity contribution is 0.0740. The van der Waals surface area contributed by atoms with Gasteiger partial charge in [0, 0.05) is 22.5 Å². The highest BCUT2D eigenvalue weighted by Crippen LogP contribution is 2.22. The van der Waals surface area contributed by atoms with E-state index in [4.69, 9.17) is 8.94 Å². The van der Waals surface area contributed by atoms with Gasteiger partial charge in [-0.05, 0) is 24.3 Å². The Morgan fingerprint density at radius 2 is 2.00 bits per heavy atom. The number of hydrogen-bond donors (Lipinski definition) is 0. The zero-order valence-electron chi connectivity index (χ0n) is 13.8. The van der Waals surface area contributed by atoms with E-state index >= 15 is 0 Å². The van der Waals surface area contributed by atoms with Crippen molar-refractivity contribution in [3.8, 4) is 11.4 Å². The number of carbonyl (C=O) groups excluding carboxylic acids is 1. The molecule has 1 amide bonds. The van der Waals surface area contributed by atoms with Gasteiger partial charge in [-0.1, -0.05) is 51.4 Å². The third kappa shape index (κ3) is 3.25. The van der Waals surface area contributed by atoms with Crippen molar-refractivity contribution in [2.75, 3.05) is 7.05 Å². The molecular formula is C19H14BrN3O3. The number of para-hydroxylation sites is 1. The summed E-state index contributed by atoms with van der Waals surface area (Å²) in [5.41, 5.74) is 1.51. The number of carbonyl (C=O) groups is 1. The zero-order chi connectivity index (χ0) is 18.1. The molecule has 0 aliphatic rings. The number of benzene rings is 2. The SMILES string of the molecule is CN(Cc1nc(-c2cccc(Br)c2)no1)C(=O)c1cc2ccccc2o1. The molecule has 4 rings (SSSR count). The lowest BCUT2D eigenvalue weighted by atomic mass is 10.2. The maximum atomic E-state index is 12.6. The second kappa shape index (κ2) is 6.76. The lowest BCUT2D eigenvalue weighted by Gasteiger charge is -2.12. The first kappa shape index (κ1) is 16.5. The molecule has 2 aromatic heterocycles. The van der Waals surface area contributed by atoms with E-state index in [2.05, 4.69) is 26.1 Å². The summed E-state index contributed by atoms with van der Waals surface area (Å²) in [6, 6.07) is 16.8. The van der Waals surface area contributed by atoms with Gasteiger partial charge in [0.2, 0.25) is 11.7 Å². The minimum Gasteiger partial charge on any atom is -0.451 e. The zero-order valence-corrected chi connectivity index (χ0v) is 15.4. The van der Waals surface area contributed by atoms with Gasteiger partial charge in [-0.2, -0.15) is 4.98 Å². The lowest BCUT2D eigenvalue weighted by Crippen LogP contribution is -2.25. The topological polar surface area (TPSA) is 72.4 Å². The number of amides is 1. The Bertz CT molecular complexity index is 1050. The summed E-state index contributed by atoms with van der Waals surface area (Å²) in [5, 5.41) is 4.87. The average molecular weight is 412 g/mol. The molecule has 0 spiro atoms. The molecule has 6 nitrogen and oxygen atoms in total. The summed E-state index contributed by atoms with van der Waals surface area (Å²) in [6.45, 7) is 0.191. The van der Waals surface area contributed by atoms with E-state index in [0.717, 1.165) is 15.4 Å². The Hall–Kier alpha value is -2.93. The van der Waals surface area contributed by atoms with Crippen LogP contribution in [0.3, 0.4) is 0 Å².